The number of carbonyl (C=O) groups excluding carboxylic acids is 1. The van der Waals surface area contributed by atoms with Gasteiger partial charge in [-0.1, -0.05) is 12.1 Å². The Labute approximate surface area is 123 Å². The molecule has 0 saturated heterocycles. The molecule has 2 aromatic rings. The van der Waals surface area contributed by atoms with E-state index < -0.39 is 23.5 Å². The average molecular weight is 313 g/mol. The van der Waals surface area contributed by atoms with Crippen molar-refractivity contribution in [2.45, 2.75) is 12.8 Å². The number of halogens is 4. The molecule has 0 unspecified atom stereocenters. The highest BCUT2D eigenvalue weighted by Gasteiger charge is 2.31. The Kier molecular flexibility index (Phi) is 4.35. The monoisotopic (exact) mass is 313 g/mol. The molecule has 0 saturated carbocycles. The first-order chi connectivity index (χ1) is 10.3. The van der Waals surface area contributed by atoms with Gasteiger partial charge in [-0.2, -0.15) is 13.2 Å². The number of primary amides is 1. The molecular weight excluding hydrogens is 302 g/mol. The summed E-state index contributed by atoms with van der Waals surface area (Å²) in [5.41, 5.74) is 4.23. The number of rotatable bonds is 4. The molecule has 0 bridgehead atoms. The van der Waals surface area contributed by atoms with E-state index in [1.807, 2.05) is 0 Å². The zero-order valence-corrected chi connectivity index (χ0v) is 11.2. The van der Waals surface area contributed by atoms with Gasteiger partial charge in [0.15, 0.2) is 0 Å². The van der Waals surface area contributed by atoms with Crippen molar-refractivity contribution in [3.63, 3.8) is 0 Å². The van der Waals surface area contributed by atoms with Crippen LogP contribution in [0.15, 0.2) is 42.5 Å². The fourth-order valence-corrected chi connectivity index (χ4v) is 1.74. The standard InChI is InChI=1S/C15H11F4NO2/c16-13-7-11(15(17,18)19)5-4-10(13)8-22-12-3-1-2-9(6-12)14(20)21/h1-7H,8H2,(H2,20,21). The molecule has 0 fully saturated rings. The molecule has 0 atom stereocenters. The highest BCUT2D eigenvalue weighted by atomic mass is 19.4. The fraction of sp³-hybridized carbons (Fsp3) is 0.133. The first kappa shape index (κ1) is 15.8. The predicted octanol–water partition coefficient (Wildman–Crippen LogP) is 3.52. The summed E-state index contributed by atoms with van der Waals surface area (Å²) < 4.78 is 56.2. The van der Waals surface area contributed by atoms with Crippen LogP contribution in [0.2, 0.25) is 0 Å². The van der Waals surface area contributed by atoms with Gasteiger partial charge >= 0.3 is 6.18 Å². The molecule has 2 N–H and O–H groups in total. The Hall–Kier alpha value is -2.57. The van der Waals surface area contributed by atoms with Crippen molar-refractivity contribution in [1.82, 2.24) is 0 Å². The molecule has 22 heavy (non-hydrogen) atoms. The lowest BCUT2D eigenvalue weighted by Crippen LogP contribution is -2.11. The maximum atomic E-state index is 13.6. The Balaban J connectivity index is 2.12. The summed E-state index contributed by atoms with van der Waals surface area (Å²) in [5.74, 6) is -1.40. The minimum atomic E-state index is -4.60. The van der Waals surface area contributed by atoms with Crippen LogP contribution in [0.5, 0.6) is 5.75 Å². The third-order valence-corrected chi connectivity index (χ3v) is 2.89. The van der Waals surface area contributed by atoms with Gasteiger partial charge < -0.3 is 10.5 Å². The van der Waals surface area contributed by atoms with Crippen LogP contribution in [-0.4, -0.2) is 5.91 Å². The zero-order chi connectivity index (χ0) is 16.3. The lowest BCUT2D eigenvalue weighted by Gasteiger charge is -2.10. The molecule has 1 amide bonds. The Morgan fingerprint density at radius 1 is 1.14 bits per heavy atom. The van der Waals surface area contributed by atoms with E-state index in [0.717, 1.165) is 12.1 Å². The highest BCUT2D eigenvalue weighted by Crippen LogP contribution is 2.30. The largest absolute Gasteiger partial charge is 0.489 e. The van der Waals surface area contributed by atoms with Gasteiger partial charge in [0, 0.05) is 11.1 Å². The van der Waals surface area contributed by atoms with Crippen LogP contribution >= 0.6 is 0 Å². The van der Waals surface area contributed by atoms with Gasteiger partial charge in [0.25, 0.3) is 0 Å². The number of nitrogens with two attached hydrogens (primary N) is 1. The van der Waals surface area contributed by atoms with Crippen molar-refractivity contribution in [3.05, 3.63) is 65.0 Å². The molecule has 0 radical (unpaired) electrons. The smallest absolute Gasteiger partial charge is 0.416 e. The van der Waals surface area contributed by atoms with Crippen molar-refractivity contribution < 1.29 is 27.1 Å². The van der Waals surface area contributed by atoms with E-state index in [4.69, 9.17) is 10.5 Å². The predicted molar refractivity (Wildman–Crippen MR) is 70.7 cm³/mol. The summed E-state index contributed by atoms with van der Waals surface area (Å²) in [4.78, 5) is 11.0. The third kappa shape index (κ3) is 3.75. The second-order valence-electron chi connectivity index (χ2n) is 4.48. The van der Waals surface area contributed by atoms with Crippen LogP contribution in [0.4, 0.5) is 17.6 Å². The maximum Gasteiger partial charge on any atom is 0.416 e. The van der Waals surface area contributed by atoms with Crippen molar-refractivity contribution >= 4 is 5.91 Å². The van der Waals surface area contributed by atoms with Gasteiger partial charge in [-0.15, -0.1) is 0 Å². The van der Waals surface area contributed by atoms with Crippen molar-refractivity contribution in [3.8, 4) is 5.75 Å². The van der Waals surface area contributed by atoms with Crippen molar-refractivity contribution in [1.29, 1.82) is 0 Å². The fourth-order valence-electron chi connectivity index (χ4n) is 1.74. The average Bonchev–Trinajstić information content (AvgIpc) is 2.45. The number of alkyl halides is 3. The molecule has 0 spiro atoms. The maximum absolute atomic E-state index is 13.6. The van der Waals surface area contributed by atoms with E-state index >= 15 is 0 Å². The second kappa shape index (κ2) is 6.05. The highest BCUT2D eigenvalue weighted by molar-refractivity contribution is 5.93. The Bertz CT molecular complexity index is 698. The molecule has 0 aromatic heterocycles. The molecule has 3 nitrogen and oxygen atoms in total. The zero-order valence-electron chi connectivity index (χ0n) is 11.2. The summed E-state index contributed by atoms with van der Waals surface area (Å²) in [6.45, 7) is -0.272. The SMILES string of the molecule is NC(=O)c1cccc(OCc2ccc(C(F)(F)F)cc2F)c1. The number of ether oxygens (including phenoxy) is 1. The molecule has 7 heteroatoms. The van der Waals surface area contributed by atoms with Crippen molar-refractivity contribution in [2.24, 2.45) is 5.73 Å². The summed E-state index contributed by atoms with van der Waals surface area (Å²) >= 11 is 0. The summed E-state index contributed by atoms with van der Waals surface area (Å²) in [5, 5.41) is 0. The summed E-state index contributed by atoms with van der Waals surface area (Å²) in [7, 11) is 0. The van der Waals surface area contributed by atoms with Gasteiger partial charge in [-0.3, -0.25) is 4.79 Å². The van der Waals surface area contributed by atoms with Gasteiger partial charge in [0.2, 0.25) is 5.91 Å². The molecule has 0 aliphatic heterocycles. The van der Waals surface area contributed by atoms with Crippen LogP contribution in [0.3, 0.4) is 0 Å². The number of hydrogen-bond donors (Lipinski definition) is 1. The lowest BCUT2D eigenvalue weighted by atomic mass is 10.1. The van der Waals surface area contributed by atoms with E-state index in [0.29, 0.717) is 6.07 Å². The first-order valence-corrected chi connectivity index (χ1v) is 6.15. The minimum Gasteiger partial charge on any atom is -0.489 e. The van der Waals surface area contributed by atoms with E-state index in [1.54, 1.807) is 0 Å². The Morgan fingerprint density at radius 3 is 2.45 bits per heavy atom. The van der Waals surface area contributed by atoms with E-state index in [1.165, 1.54) is 24.3 Å². The third-order valence-electron chi connectivity index (χ3n) is 2.89. The van der Waals surface area contributed by atoms with E-state index in [2.05, 4.69) is 0 Å². The van der Waals surface area contributed by atoms with Crippen LogP contribution in [0, 0.1) is 5.82 Å². The molecule has 0 heterocycles. The minimum absolute atomic E-state index is 0.0301. The second-order valence-corrected chi connectivity index (χ2v) is 4.48. The molecule has 2 aromatic carbocycles. The van der Waals surface area contributed by atoms with Crippen LogP contribution < -0.4 is 10.5 Å². The number of benzene rings is 2. The molecule has 0 aliphatic rings. The quantitative estimate of drug-likeness (QED) is 0.878. The van der Waals surface area contributed by atoms with Crippen LogP contribution in [0.1, 0.15) is 21.5 Å². The number of amides is 1. The van der Waals surface area contributed by atoms with Gasteiger partial charge in [0.05, 0.1) is 5.56 Å². The lowest BCUT2D eigenvalue weighted by molar-refractivity contribution is -0.137. The molecule has 0 aliphatic carbocycles. The number of hydrogen-bond acceptors (Lipinski definition) is 2. The summed E-state index contributed by atoms with van der Waals surface area (Å²) in [6.07, 6.45) is -4.60. The van der Waals surface area contributed by atoms with Gasteiger partial charge in [0.1, 0.15) is 18.2 Å². The van der Waals surface area contributed by atoms with Crippen molar-refractivity contribution in [2.75, 3.05) is 0 Å². The topological polar surface area (TPSA) is 52.3 Å². The van der Waals surface area contributed by atoms with E-state index in [-0.39, 0.29) is 23.5 Å². The number of carbonyl (C=O) groups is 1. The Morgan fingerprint density at radius 2 is 1.86 bits per heavy atom. The normalized spacial score (nSPS) is 11.3. The first-order valence-electron chi connectivity index (χ1n) is 6.15. The summed E-state index contributed by atoms with van der Waals surface area (Å²) in [6, 6.07) is 8.10. The molecular formula is C15H11F4NO2. The molecule has 116 valence electrons. The van der Waals surface area contributed by atoms with Crippen LogP contribution in [0.25, 0.3) is 0 Å². The van der Waals surface area contributed by atoms with Gasteiger partial charge in [-0.05, 0) is 30.3 Å². The molecule has 2 rings (SSSR count). The van der Waals surface area contributed by atoms with Crippen LogP contribution in [-0.2, 0) is 12.8 Å². The van der Waals surface area contributed by atoms with Gasteiger partial charge in [-0.25, -0.2) is 4.39 Å². The van der Waals surface area contributed by atoms with E-state index in [9.17, 15) is 22.4 Å².